The van der Waals surface area contributed by atoms with Gasteiger partial charge in [-0.3, -0.25) is 4.79 Å². The van der Waals surface area contributed by atoms with Gasteiger partial charge in [0, 0.05) is 17.7 Å². The molecule has 0 aliphatic carbocycles. The third kappa shape index (κ3) is 4.09. The van der Waals surface area contributed by atoms with Crippen LogP contribution in [0, 0.1) is 0 Å². The summed E-state index contributed by atoms with van der Waals surface area (Å²) < 4.78 is 42.4. The summed E-state index contributed by atoms with van der Waals surface area (Å²) in [6.45, 7) is 2.05. The van der Waals surface area contributed by atoms with Crippen LogP contribution in [0.4, 0.5) is 13.2 Å². The van der Waals surface area contributed by atoms with E-state index < -0.39 is 17.6 Å². The van der Waals surface area contributed by atoms with Crippen LogP contribution >= 0.6 is 0 Å². The van der Waals surface area contributed by atoms with Crippen LogP contribution in [0.1, 0.15) is 23.1 Å². The number of fused-ring (bicyclic) bond motifs is 1. The van der Waals surface area contributed by atoms with Crippen molar-refractivity contribution >= 4 is 16.9 Å². The Morgan fingerprint density at radius 1 is 0.903 bits per heavy atom. The standard InChI is InChI=1S/C23H17F3N4O/c1-2-27-22(31)21-29-19(15-11-7-4-8-12-15)18-16(23(24,25)26)13-17(28-20(18)30-21)14-9-5-3-6-10-14/h3-13H,2H2,1H3,(H,27,31). The quantitative estimate of drug-likeness (QED) is 0.495. The number of aromatic nitrogens is 3. The summed E-state index contributed by atoms with van der Waals surface area (Å²) in [6.07, 6.45) is -4.68. The molecule has 0 saturated heterocycles. The predicted octanol–water partition coefficient (Wildman–Crippen LogP) is 5.13. The first-order valence-corrected chi connectivity index (χ1v) is 9.57. The largest absolute Gasteiger partial charge is 0.417 e. The molecule has 5 nitrogen and oxygen atoms in total. The molecule has 0 bridgehead atoms. The molecular formula is C23H17F3N4O. The second-order valence-electron chi connectivity index (χ2n) is 6.74. The van der Waals surface area contributed by atoms with Gasteiger partial charge in [-0.15, -0.1) is 0 Å². The van der Waals surface area contributed by atoms with Gasteiger partial charge in [0.05, 0.1) is 22.3 Å². The van der Waals surface area contributed by atoms with Crippen LogP contribution in [-0.4, -0.2) is 27.4 Å². The molecule has 0 aliphatic rings. The Balaban J connectivity index is 2.10. The smallest absolute Gasteiger partial charge is 0.350 e. The lowest BCUT2D eigenvalue weighted by Crippen LogP contribution is -2.25. The van der Waals surface area contributed by atoms with Gasteiger partial charge < -0.3 is 5.32 Å². The van der Waals surface area contributed by atoms with Crippen LogP contribution in [0.5, 0.6) is 0 Å². The lowest BCUT2D eigenvalue weighted by atomic mass is 10.0. The first-order chi connectivity index (χ1) is 14.9. The lowest BCUT2D eigenvalue weighted by Gasteiger charge is -2.16. The van der Waals surface area contributed by atoms with E-state index >= 15 is 0 Å². The number of carbonyl (C=O) groups excluding carboxylic acids is 1. The fourth-order valence-electron chi connectivity index (χ4n) is 3.26. The molecule has 31 heavy (non-hydrogen) atoms. The molecule has 2 aromatic carbocycles. The van der Waals surface area contributed by atoms with Gasteiger partial charge in [0.2, 0.25) is 5.82 Å². The Bertz CT molecular complexity index is 1240. The average Bonchev–Trinajstić information content (AvgIpc) is 2.78. The minimum Gasteiger partial charge on any atom is -0.350 e. The Labute approximate surface area is 176 Å². The number of pyridine rings is 1. The monoisotopic (exact) mass is 422 g/mol. The van der Waals surface area contributed by atoms with Crippen LogP contribution in [0.15, 0.2) is 66.7 Å². The molecule has 1 amide bonds. The van der Waals surface area contributed by atoms with E-state index in [0.29, 0.717) is 17.7 Å². The first kappa shape index (κ1) is 20.5. The number of carbonyl (C=O) groups is 1. The van der Waals surface area contributed by atoms with Crippen molar-refractivity contribution in [3.05, 3.63) is 78.1 Å². The van der Waals surface area contributed by atoms with Crippen LogP contribution in [0.25, 0.3) is 33.5 Å². The number of benzene rings is 2. The van der Waals surface area contributed by atoms with E-state index in [1.165, 1.54) is 0 Å². The molecule has 156 valence electrons. The Morgan fingerprint density at radius 3 is 2.10 bits per heavy atom. The topological polar surface area (TPSA) is 67.8 Å². The summed E-state index contributed by atoms with van der Waals surface area (Å²) in [4.78, 5) is 25.1. The molecule has 0 radical (unpaired) electrons. The highest BCUT2D eigenvalue weighted by Crippen LogP contribution is 2.39. The summed E-state index contributed by atoms with van der Waals surface area (Å²) in [5.41, 5.74) is -0.0396. The summed E-state index contributed by atoms with van der Waals surface area (Å²) >= 11 is 0. The predicted molar refractivity (Wildman–Crippen MR) is 111 cm³/mol. The molecule has 0 atom stereocenters. The summed E-state index contributed by atoms with van der Waals surface area (Å²) in [7, 11) is 0. The zero-order valence-corrected chi connectivity index (χ0v) is 16.4. The molecule has 4 rings (SSSR count). The van der Waals surface area contributed by atoms with E-state index in [4.69, 9.17) is 0 Å². The van der Waals surface area contributed by atoms with E-state index in [1.54, 1.807) is 67.6 Å². The summed E-state index contributed by atoms with van der Waals surface area (Å²) in [5, 5.41) is 2.34. The maximum Gasteiger partial charge on any atom is 0.417 e. The van der Waals surface area contributed by atoms with Crippen molar-refractivity contribution in [1.29, 1.82) is 0 Å². The van der Waals surface area contributed by atoms with E-state index in [9.17, 15) is 18.0 Å². The number of hydrogen-bond donors (Lipinski definition) is 1. The third-order valence-corrected chi connectivity index (χ3v) is 4.63. The molecule has 0 fully saturated rings. The van der Waals surface area contributed by atoms with Crippen LogP contribution < -0.4 is 5.32 Å². The molecule has 0 aliphatic heterocycles. The summed E-state index contributed by atoms with van der Waals surface area (Å²) in [6, 6.07) is 17.9. The van der Waals surface area contributed by atoms with Crippen molar-refractivity contribution < 1.29 is 18.0 Å². The van der Waals surface area contributed by atoms with E-state index in [2.05, 4.69) is 20.3 Å². The molecule has 2 aromatic heterocycles. The Morgan fingerprint density at radius 2 is 1.52 bits per heavy atom. The van der Waals surface area contributed by atoms with E-state index in [1.807, 2.05) is 0 Å². The van der Waals surface area contributed by atoms with Gasteiger partial charge in [0.25, 0.3) is 5.91 Å². The number of alkyl halides is 3. The third-order valence-electron chi connectivity index (χ3n) is 4.63. The molecule has 0 unspecified atom stereocenters. The van der Waals surface area contributed by atoms with Gasteiger partial charge in [-0.2, -0.15) is 13.2 Å². The fraction of sp³-hybridized carbons (Fsp3) is 0.130. The van der Waals surface area contributed by atoms with E-state index in [-0.39, 0.29) is 28.2 Å². The molecule has 0 spiro atoms. The van der Waals surface area contributed by atoms with Crippen molar-refractivity contribution in [2.75, 3.05) is 6.54 Å². The second kappa shape index (κ2) is 8.14. The van der Waals surface area contributed by atoms with Crippen molar-refractivity contribution in [3.8, 4) is 22.5 Å². The van der Waals surface area contributed by atoms with Gasteiger partial charge in [-0.05, 0) is 13.0 Å². The molecular weight excluding hydrogens is 405 g/mol. The summed E-state index contributed by atoms with van der Waals surface area (Å²) in [5.74, 6) is -0.818. The number of halogens is 3. The van der Waals surface area contributed by atoms with Gasteiger partial charge in [0.15, 0.2) is 5.65 Å². The number of hydrogen-bond acceptors (Lipinski definition) is 4. The zero-order chi connectivity index (χ0) is 22.0. The minimum atomic E-state index is -4.68. The molecule has 1 N–H and O–H groups in total. The van der Waals surface area contributed by atoms with Gasteiger partial charge in [-0.25, -0.2) is 15.0 Å². The highest BCUT2D eigenvalue weighted by molar-refractivity contribution is 5.99. The fourth-order valence-corrected chi connectivity index (χ4v) is 3.26. The average molecular weight is 422 g/mol. The molecule has 2 heterocycles. The van der Waals surface area contributed by atoms with Crippen LogP contribution in [-0.2, 0) is 6.18 Å². The second-order valence-corrected chi connectivity index (χ2v) is 6.74. The number of amides is 1. The maximum absolute atomic E-state index is 14.1. The minimum absolute atomic E-state index is 0.00582. The SMILES string of the molecule is CCNC(=O)c1nc(-c2ccccc2)c2c(C(F)(F)F)cc(-c3ccccc3)nc2n1. The van der Waals surface area contributed by atoms with Gasteiger partial charge >= 0.3 is 6.18 Å². The molecule has 4 aromatic rings. The lowest BCUT2D eigenvalue weighted by molar-refractivity contribution is -0.136. The van der Waals surface area contributed by atoms with Gasteiger partial charge in [-0.1, -0.05) is 60.7 Å². The first-order valence-electron chi connectivity index (χ1n) is 9.57. The Hall–Kier alpha value is -3.81. The number of nitrogens with one attached hydrogen (secondary N) is 1. The van der Waals surface area contributed by atoms with Crippen LogP contribution in [0.2, 0.25) is 0 Å². The zero-order valence-electron chi connectivity index (χ0n) is 16.4. The van der Waals surface area contributed by atoms with Crippen LogP contribution in [0.3, 0.4) is 0 Å². The molecule has 0 saturated carbocycles. The highest BCUT2D eigenvalue weighted by atomic mass is 19.4. The number of rotatable bonds is 4. The van der Waals surface area contributed by atoms with Crippen molar-refractivity contribution in [1.82, 2.24) is 20.3 Å². The van der Waals surface area contributed by atoms with E-state index in [0.717, 1.165) is 6.07 Å². The highest BCUT2D eigenvalue weighted by Gasteiger charge is 2.36. The maximum atomic E-state index is 14.1. The Kier molecular flexibility index (Phi) is 5.37. The van der Waals surface area contributed by atoms with Crippen molar-refractivity contribution in [3.63, 3.8) is 0 Å². The van der Waals surface area contributed by atoms with Crippen molar-refractivity contribution in [2.45, 2.75) is 13.1 Å². The number of nitrogens with zero attached hydrogens (tertiary/aromatic N) is 3. The van der Waals surface area contributed by atoms with Crippen molar-refractivity contribution in [2.24, 2.45) is 0 Å². The molecule has 8 heteroatoms. The van der Waals surface area contributed by atoms with Gasteiger partial charge in [0.1, 0.15) is 0 Å². The normalized spacial score (nSPS) is 11.5.